The van der Waals surface area contributed by atoms with Crippen molar-refractivity contribution >= 4 is 0 Å². The number of aromatic nitrogens is 2. The monoisotopic (exact) mass is 242 g/mol. The van der Waals surface area contributed by atoms with Gasteiger partial charge in [-0.15, -0.1) is 6.58 Å². The van der Waals surface area contributed by atoms with E-state index in [1.807, 2.05) is 11.1 Å². The van der Waals surface area contributed by atoms with Gasteiger partial charge in [-0.2, -0.15) is 4.39 Å². The molecule has 0 aromatic carbocycles. The highest BCUT2D eigenvalue weighted by Crippen LogP contribution is 2.01. The Bertz CT molecular complexity index is 423. The quantitative estimate of drug-likeness (QED) is 0.614. The predicted molar refractivity (Wildman–Crippen MR) is 66.6 cm³/mol. The second-order valence-electron chi connectivity index (χ2n) is 3.56. The molecule has 0 radical (unpaired) electrons. The lowest BCUT2D eigenvalue weighted by atomic mass is 10.2. The van der Waals surface area contributed by atoms with Gasteiger partial charge in [-0.05, 0) is 12.8 Å². The van der Waals surface area contributed by atoms with Gasteiger partial charge in [0.05, 0.1) is 0 Å². The van der Waals surface area contributed by atoms with Gasteiger partial charge in [-0.3, -0.25) is 9.78 Å². The van der Waals surface area contributed by atoms with Crippen LogP contribution in [0.3, 0.4) is 0 Å². The second-order valence-corrected chi connectivity index (χ2v) is 3.56. The Labute approximate surface area is 99.6 Å². The highest BCUT2D eigenvalue weighted by molar-refractivity contribution is 4.83. The van der Waals surface area contributed by atoms with Crippen LogP contribution in [0.15, 0.2) is 28.4 Å². The summed E-state index contributed by atoms with van der Waals surface area (Å²) in [5.41, 5.74) is -1.71. The van der Waals surface area contributed by atoms with Crippen molar-refractivity contribution in [3.05, 3.63) is 45.5 Å². The first-order valence-corrected chi connectivity index (χ1v) is 5.70. The summed E-state index contributed by atoms with van der Waals surface area (Å²) < 4.78 is 12.0. The fourth-order valence-corrected chi connectivity index (χ4v) is 1.11. The van der Waals surface area contributed by atoms with E-state index in [0.717, 1.165) is 0 Å². The summed E-state index contributed by atoms with van der Waals surface area (Å²) in [5.74, 6) is -0.991. The van der Waals surface area contributed by atoms with Crippen LogP contribution in [-0.2, 0) is 0 Å². The third-order valence-corrected chi connectivity index (χ3v) is 2.04. The first kappa shape index (κ1) is 15.3. The molecular formula is C12H19FN2O2. The molecule has 0 amide bonds. The van der Waals surface area contributed by atoms with Gasteiger partial charge >= 0.3 is 5.69 Å². The van der Waals surface area contributed by atoms with Crippen LogP contribution in [0.4, 0.5) is 4.39 Å². The van der Waals surface area contributed by atoms with Gasteiger partial charge < -0.3 is 4.98 Å². The molecule has 0 aliphatic heterocycles. The number of hydrogen-bond donors (Lipinski definition) is 2. The Kier molecular flexibility index (Phi) is 8.64. The topological polar surface area (TPSA) is 65.7 Å². The molecule has 1 aromatic heterocycles. The van der Waals surface area contributed by atoms with Gasteiger partial charge in [0.2, 0.25) is 5.82 Å². The Morgan fingerprint density at radius 2 is 2.06 bits per heavy atom. The van der Waals surface area contributed by atoms with Crippen LogP contribution in [0.1, 0.15) is 39.0 Å². The van der Waals surface area contributed by atoms with Crippen LogP contribution in [0.25, 0.3) is 0 Å². The first-order chi connectivity index (χ1) is 8.11. The van der Waals surface area contributed by atoms with E-state index >= 15 is 0 Å². The van der Waals surface area contributed by atoms with Crippen LogP contribution in [0.5, 0.6) is 0 Å². The van der Waals surface area contributed by atoms with Gasteiger partial charge in [-0.1, -0.05) is 32.3 Å². The zero-order valence-corrected chi connectivity index (χ0v) is 10.1. The van der Waals surface area contributed by atoms with Crippen LogP contribution >= 0.6 is 0 Å². The molecule has 1 heterocycles. The van der Waals surface area contributed by atoms with E-state index < -0.39 is 17.1 Å². The number of H-pyrrole nitrogens is 2. The van der Waals surface area contributed by atoms with Crippen LogP contribution in [-0.4, -0.2) is 9.97 Å². The largest absolute Gasteiger partial charge is 0.325 e. The number of nitrogens with one attached hydrogen (secondary N) is 2. The van der Waals surface area contributed by atoms with Crippen molar-refractivity contribution in [2.45, 2.75) is 39.0 Å². The summed E-state index contributed by atoms with van der Waals surface area (Å²) in [5, 5.41) is 0. The van der Waals surface area contributed by atoms with E-state index in [4.69, 9.17) is 0 Å². The molecule has 5 heteroatoms. The number of aromatic amines is 2. The molecule has 17 heavy (non-hydrogen) atoms. The van der Waals surface area contributed by atoms with Gasteiger partial charge in [0.1, 0.15) is 0 Å². The van der Waals surface area contributed by atoms with Crippen molar-refractivity contribution in [1.82, 2.24) is 9.97 Å². The fourth-order valence-electron chi connectivity index (χ4n) is 1.11. The number of rotatable bonds is 5. The fraction of sp³-hybridized carbons (Fsp3) is 0.500. The molecule has 0 fully saturated rings. The van der Waals surface area contributed by atoms with Crippen molar-refractivity contribution in [3.8, 4) is 0 Å². The minimum absolute atomic E-state index is 0.707. The van der Waals surface area contributed by atoms with E-state index in [9.17, 15) is 14.0 Å². The highest BCUT2D eigenvalue weighted by atomic mass is 19.1. The lowest BCUT2D eigenvalue weighted by molar-refractivity contribution is 0.597. The zero-order valence-electron chi connectivity index (χ0n) is 10.1. The molecule has 96 valence electrons. The van der Waals surface area contributed by atoms with Crippen LogP contribution < -0.4 is 11.2 Å². The highest BCUT2D eigenvalue weighted by Gasteiger charge is 1.93. The first-order valence-electron chi connectivity index (χ1n) is 5.70. The molecule has 0 aliphatic carbocycles. The second kappa shape index (κ2) is 9.57. The van der Waals surface area contributed by atoms with Gasteiger partial charge in [0.15, 0.2) is 0 Å². The summed E-state index contributed by atoms with van der Waals surface area (Å²) in [6.45, 7) is 5.89. The van der Waals surface area contributed by atoms with E-state index in [0.29, 0.717) is 6.20 Å². The lowest BCUT2D eigenvalue weighted by Crippen LogP contribution is -2.23. The molecular weight excluding hydrogens is 223 g/mol. The average Bonchev–Trinajstić information content (AvgIpc) is 2.31. The number of allylic oxidation sites excluding steroid dienone is 1. The maximum Gasteiger partial charge on any atom is 0.325 e. The molecule has 1 rings (SSSR count). The smallest absolute Gasteiger partial charge is 0.311 e. The van der Waals surface area contributed by atoms with Gasteiger partial charge in [-0.25, -0.2) is 4.79 Å². The van der Waals surface area contributed by atoms with E-state index in [1.165, 1.54) is 32.1 Å². The van der Waals surface area contributed by atoms with E-state index in [-0.39, 0.29) is 0 Å². The molecule has 0 aliphatic rings. The van der Waals surface area contributed by atoms with Crippen molar-refractivity contribution in [2.75, 3.05) is 0 Å². The average molecular weight is 242 g/mol. The summed E-state index contributed by atoms with van der Waals surface area (Å²) in [4.78, 5) is 24.0. The Hall–Kier alpha value is -1.65. The Balaban J connectivity index is 0.000000304. The standard InChI is InChI=1S/C8H16.C4H3FN2O2/c1-3-5-7-8-6-4-2;5-2-1-6-4(9)7-3(2)8/h3H,1,4-8H2,2H3;1H,(H2,6,7,8,9). The van der Waals surface area contributed by atoms with Crippen molar-refractivity contribution in [3.63, 3.8) is 0 Å². The SMILES string of the molecule is C=CCCCCCC.O=c1[nH]cc(F)c(=O)[nH]1. The molecule has 1 aromatic rings. The summed E-state index contributed by atoms with van der Waals surface area (Å²) in [7, 11) is 0. The summed E-state index contributed by atoms with van der Waals surface area (Å²) in [6.07, 6.45) is 9.32. The zero-order chi connectivity index (χ0) is 13.1. The minimum Gasteiger partial charge on any atom is -0.311 e. The third-order valence-electron chi connectivity index (χ3n) is 2.04. The predicted octanol–water partition coefficient (Wildman–Crippen LogP) is 2.35. The Morgan fingerprint density at radius 1 is 1.35 bits per heavy atom. The van der Waals surface area contributed by atoms with Crippen molar-refractivity contribution in [2.24, 2.45) is 0 Å². The normalized spacial score (nSPS) is 9.29. The maximum atomic E-state index is 12.0. The maximum absolute atomic E-state index is 12.0. The van der Waals surface area contributed by atoms with Crippen molar-refractivity contribution < 1.29 is 4.39 Å². The van der Waals surface area contributed by atoms with E-state index in [1.54, 1.807) is 4.98 Å². The molecule has 0 spiro atoms. The Morgan fingerprint density at radius 3 is 2.53 bits per heavy atom. The van der Waals surface area contributed by atoms with E-state index in [2.05, 4.69) is 13.5 Å². The number of hydrogen-bond acceptors (Lipinski definition) is 2. The molecule has 0 saturated carbocycles. The molecule has 0 unspecified atom stereocenters. The molecule has 0 saturated heterocycles. The molecule has 2 N–H and O–H groups in total. The van der Waals surface area contributed by atoms with Gasteiger partial charge in [0, 0.05) is 6.20 Å². The molecule has 0 atom stereocenters. The molecule has 0 bridgehead atoms. The number of unbranched alkanes of at least 4 members (excludes halogenated alkanes) is 4. The van der Waals surface area contributed by atoms with Crippen LogP contribution in [0, 0.1) is 5.82 Å². The van der Waals surface area contributed by atoms with Crippen LogP contribution in [0.2, 0.25) is 0 Å². The molecule has 4 nitrogen and oxygen atoms in total. The lowest BCUT2D eigenvalue weighted by Gasteiger charge is -1.91. The number of halogens is 1. The summed E-state index contributed by atoms with van der Waals surface area (Å²) in [6, 6.07) is 0. The van der Waals surface area contributed by atoms with Gasteiger partial charge in [0.25, 0.3) is 5.56 Å². The minimum atomic E-state index is -1.00. The van der Waals surface area contributed by atoms with Crippen molar-refractivity contribution in [1.29, 1.82) is 0 Å². The summed E-state index contributed by atoms with van der Waals surface area (Å²) >= 11 is 0. The third kappa shape index (κ3) is 8.19.